The van der Waals surface area contributed by atoms with Crippen LogP contribution in [0.15, 0.2) is 18.2 Å². The van der Waals surface area contributed by atoms with Crippen LogP contribution < -0.4 is 16.0 Å². The van der Waals surface area contributed by atoms with E-state index in [0.717, 1.165) is 19.3 Å². The lowest BCUT2D eigenvalue weighted by atomic mass is 9.75. The first-order chi connectivity index (χ1) is 20.3. The van der Waals surface area contributed by atoms with Crippen molar-refractivity contribution in [1.82, 2.24) is 15.5 Å². The molecule has 1 aromatic rings. The Morgan fingerprint density at radius 1 is 1.12 bits per heavy atom. The monoisotopic (exact) mass is 618 g/mol. The summed E-state index contributed by atoms with van der Waals surface area (Å²) in [6.07, 6.45) is 3.20. The normalized spacial score (nSPS) is 27.9. The minimum atomic E-state index is -0.913. The van der Waals surface area contributed by atoms with Gasteiger partial charge < -0.3 is 30.3 Å². The second-order valence-electron chi connectivity index (χ2n) is 12.4. The van der Waals surface area contributed by atoms with Gasteiger partial charge >= 0.3 is 5.97 Å². The number of benzene rings is 1. The minimum Gasteiger partial charge on any atom is -0.433 e. The topological polar surface area (TPSA) is 143 Å². The van der Waals surface area contributed by atoms with Crippen LogP contribution in [0.2, 0.25) is 5.02 Å². The van der Waals surface area contributed by atoms with E-state index >= 15 is 0 Å². The van der Waals surface area contributed by atoms with Gasteiger partial charge in [0.1, 0.15) is 18.1 Å². The Hall–Kier alpha value is -3.18. The number of cyclic esters (lactones) is 1. The summed E-state index contributed by atoms with van der Waals surface area (Å²) in [5, 5.41) is 8.36. The van der Waals surface area contributed by atoms with E-state index in [1.807, 2.05) is 0 Å². The summed E-state index contributed by atoms with van der Waals surface area (Å²) in [5.41, 5.74) is 0.592. The molecule has 236 valence electrons. The van der Waals surface area contributed by atoms with E-state index in [4.69, 9.17) is 21.1 Å². The molecular weight excluding hydrogens is 576 g/mol. The fourth-order valence-electron chi connectivity index (χ4n) is 6.34. The number of anilines is 1. The van der Waals surface area contributed by atoms with Crippen molar-refractivity contribution in [3.63, 3.8) is 0 Å². The first-order valence-corrected chi connectivity index (χ1v) is 15.6. The van der Waals surface area contributed by atoms with Gasteiger partial charge in [0, 0.05) is 19.0 Å². The Morgan fingerprint density at radius 3 is 2.53 bits per heavy atom. The third kappa shape index (κ3) is 8.06. The molecule has 0 spiro atoms. The number of hydrogen-bond donors (Lipinski definition) is 3. The Bertz CT molecular complexity index is 1240. The van der Waals surface area contributed by atoms with Crippen LogP contribution in [0.4, 0.5) is 5.69 Å². The molecule has 0 radical (unpaired) electrons. The van der Waals surface area contributed by atoms with Crippen molar-refractivity contribution >= 4 is 46.9 Å². The number of halogens is 1. The van der Waals surface area contributed by atoms with Gasteiger partial charge in [-0.25, -0.2) is 0 Å². The molecule has 3 aliphatic rings. The molecule has 0 aromatic heterocycles. The third-order valence-electron chi connectivity index (χ3n) is 8.66. The number of likely N-dealkylation sites (tertiary alicyclic amines) is 1. The van der Waals surface area contributed by atoms with Crippen LogP contribution in [-0.2, 0) is 28.7 Å². The van der Waals surface area contributed by atoms with Crippen LogP contribution in [0.3, 0.4) is 0 Å². The Labute approximate surface area is 257 Å². The summed E-state index contributed by atoms with van der Waals surface area (Å²) in [5.74, 6) is -0.742. The first kappa shape index (κ1) is 32.7. The first-order valence-electron chi connectivity index (χ1n) is 15.2. The molecule has 4 rings (SSSR count). The van der Waals surface area contributed by atoms with Gasteiger partial charge in [0.2, 0.25) is 24.0 Å². The predicted octanol–water partition coefficient (Wildman–Crippen LogP) is 3.64. The maximum Gasteiger partial charge on any atom is 0.310 e. The van der Waals surface area contributed by atoms with Gasteiger partial charge in [-0.3, -0.25) is 24.0 Å². The number of hydrogen-bond acceptors (Lipinski definition) is 7. The van der Waals surface area contributed by atoms with Crippen LogP contribution in [0, 0.1) is 17.8 Å². The maximum atomic E-state index is 13.4. The van der Waals surface area contributed by atoms with E-state index in [1.54, 1.807) is 6.92 Å². The highest BCUT2D eigenvalue weighted by Gasteiger charge is 2.44. The lowest BCUT2D eigenvalue weighted by Crippen LogP contribution is -2.55. The molecule has 4 amide bonds. The van der Waals surface area contributed by atoms with Crippen LogP contribution in [0.25, 0.3) is 0 Å². The molecule has 43 heavy (non-hydrogen) atoms. The molecule has 11 nitrogen and oxygen atoms in total. The van der Waals surface area contributed by atoms with Gasteiger partial charge in [0.15, 0.2) is 0 Å². The summed E-state index contributed by atoms with van der Waals surface area (Å²) >= 11 is 6.19. The number of carbonyl (C=O) groups is 5. The molecule has 3 N–H and O–H groups in total. The lowest BCUT2D eigenvalue weighted by Gasteiger charge is -2.39. The van der Waals surface area contributed by atoms with Gasteiger partial charge in [0.05, 0.1) is 23.2 Å². The van der Waals surface area contributed by atoms with Gasteiger partial charge in [-0.1, -0.05) is 38.8 Å². The zero-order valence-electron chi connectivity index (χ0n) is 25.5. The standard InChI is InChI=1S/C31H43ClN4O7/c1-16(2)21-10-8-17(3)13-26(21)42-31-24(15-27(38)43-31)35-29(40)25-7-6-12-36(25)30(41)18(4)33-28(39)20-9-11-23(22(32)14-20)34-19(5)37/h9,11,14,16-18,21,24-26,31H,6-8,10,12-13,15H2,1-5H3,(H,33,39)(H,34,37)(H,35,40). The van der Waals surface area contributed by atoms with E-state index < -0.39 is 42.2 Å². The van der Waals surface area contributed by atoms with Crippen molar-refractivity contribution < 1.29 is 33.4 Å². The Morgan fingerprint density at radius 2 is 1.86 bits per heavy atom. The van der Waals surface area contributed by atoms with Crippen molar-refractivity contribution in [3.8, 4) is 0 Å². The van der Waals surface area contributed by atoms with E-state index in [9.17, 15) is 24.0 Å². The molecule has 2 heterocycles. The summed E-state index contributed by atoms with van der Waals surface area (Å²) in [6, 6.07) is 2.11. The SMILES string of the molecule is CC(=O)Nc1ccc(C(=O)NC(C)C(=O)N2CCCC2C(=O)NC2CC(=O)OC2OC2CC(C)CCC2C(C)C)cc1Cl. The Balaban J connectivity index is 1.36. The van der Waals surface area contributed by atoms with Gasteiger partial charge in [-0.05, 0) is 68.6 Å². The quantitative estimate of drug-likeness (QED) is 0.359. The molecule has 2 aliphatic heterocycles. The molecule has 7 unspecified atom stereocenters. The highest BCUT2D eigenvalue weighted by atomic mass is 35.5. The fraction of sp³-hybridized carbons (Fsp3) is 0.645. The number of nitrogens with zero attached hydrogens (tertiary/aromatic N) is 1. The molecule has 3 fully saturated rings. The van der Waals surface area contributed by atoms with Crippen LogP contribution in [0.1, 0.15) is 83.5 Å². The summed E-state index contributed by atoms with van der Waals surface area (Å²) in [4.78, 5) is 64.7. The van der Waals surface area contributed by atoms with Gasteiger partial charge in [0.25, 0.3) is 5.91 Å². The van der Waals surface area contributed by atoms with Crippen LogP contribution >= 0.6 is 11.6 Å². The number of rotatable bonds is 9. The second kappa shape index (κ2) is 14.1. The van der Waals surface area contributed by atoms with E-state index in [-0.39, 0.29) is 34.9 Å². The van der Waals surface area contributed by atoms with Gasteiger partial charge in [-0.15, -0.1) is 0 Å². The average Bonchev–Trinajstić information content (AvgIpc) is 3.55. The van der Waals surface area contributed by atoms with E-state index in [2.05, 4.69) is 36.7 Å². The molecule has 0 bridgehead atoms. The summed E-state index contributed by atoms with van der Waals surface area (Å²) in [7, 11) is 0. The third-order valence-corrected chi connectivity index (χ3v) is 8.97. The molecule has 12 heteroatoms. The second-order valence-corrected chi connectivity index (χ2v) is 12.8. The zero-order valence-corrected chi connectivity index (χ0v) is 26.2. The molecule has 1 saturated carbocycles. The smallest absolute Gasteiger partial charge is 0.310 e. The predicted molar refractivity (Wildman–Crippen MR) is 160 cm³/mol. The largest absolute Gasteiger partial charge is 0.433 e. The van der Waals surface area contributed by atoms with Crippen molar-refractivity contribution in [2.75, 3.05) is 11.9 Å². The highest BCUT2D eigenvalue weighted by molar-refractivity contribution is 6.34. The summed E-state index contributed by atoms with van der Waals surface area (Å²) < 4.78 is 11.9. The maximum absolute atomic E-state index is 13.4. The molecule has 2 saturated heterocycles. The van der Waals surface area contributed by atoms with Crippen molar-refractivity contribution in [3.05, 3.63) is 28.8 Å². The van der Waals surface area contributed by atoms with Crippen LogP contribution in [-0.4, -0.2) is 71.6 Å². The number of nitrogens with one attached hydrogen (secondary N) is 3. The van der Waals surface area contributed by atoms with E-state index in [1.165, 1.54) is 30.0 Å². The minimum absolute atomic E-state index is 0.00143. The molecule has 1 aromatic carbocycles. The highest BCUT2D eigenvalue weighted by Crippen LogP contribution is 2.37. The number of esters is 1. The zero-order chi connectivity index (χ0) is 31.4. The number of amides is 4. The average molecular weight is 619 g/mol. The Kier molecular flexibility index (Phi) is 10.7. The summed E-state index contributed by atoms with van der Waals surface area (Å²) in [6.45, 7) is 9.81. The van der Waals surface area contributed by atoms with Crippen molar-refractivity contribution in [2.24, 2.45) is 17.8 Å². The van der Waals surface area contributed by atoms with E-state index in [0.29, 0.717) is 42.8 Å². The molecular formula is C31H43ClN4O7. The lowest BCUT2D eigenvalue weighted by molar-refractivity contribution is -0.191. The van der Waals surface area contributed by atoms with Crippen molar-refractivity contribution in [1.29, 1.82) is 0 Å². The molecule has 7 atom stereocenters. The van der Waals surface area contributed by atoms with Crippen LogP contribution in [0.5, 0.6) is 0 Å². The fourth-order valence-corrected chi connectivity index (χ4v) is 6.57. The number of carbonyl (C=O) groups excluding carboxylic acids is 5. The van der Waals surface area contributed by atoms with Crippen molar-refractivity contribution in [2.45, 2.75) is 104 Å². The van der Waals surface area contributed by atoms with Gasteiger partial charge in [-0.2, -0.15) is 0 Å². The number of ether oxygens (including phenoxy) is 2. The molecule has 1 aliphatic carbocycles.